The molecule has 0 aromatic rings. The van der Waals surface area contributed by atoms with E-state index in [0.717, 1.165) is 0 Å². The lowest BCUT2D eigenvalue weighted by Gasteiger charge is -2.39. The highest BCUT2D eigenvalue weighted by molar-refractivity contribution is 6.17. The number of nitrogens with zero attached hydrogens (tertiary/aromatic N) is 1. The maximum absolute atomic E-state index is 11.6. The Balaban J connectivity index is 2.19. The Bertz CT molecular complexity index is 309. The topological polar surface area (TPSA) is 58.6 Å². The van der Waals surface area contributed by atoms with Crippen LogP contribution in [0.4, 0.5) is 4.79 Å². The highest BCUT2D eigenvalue weighted by Crippen LogP contribution is 2.15. The summed E-state index contributed by atoms with van der Waals surface area (Å²) in [5.41, 5.74) is -0.480. The van der Waals surface area contributed by atoms with Crippen molar-refractivity contribution in [3.8, 4) is 0 Å². The van der Waals surface area contributed by atoms with E-state index in [0.29, 0.717) is 31.8 Å². The Morgan fingerprint density at radius 3 is 2.50 bits per heavy atom. The first-order valence-corrected chi connectivity index (χ1v) is 6.68. The summed E-state index contributed by atoms with van der Waals surface area (Å²) in [6.45, 7) is 6.52. The minimum Gasteiger partial charge on any atom is -0.444 e. The standard InChI is InChI=1S/C12H21ClN2O3/c1-12(2,3)18-11(17)15-7-9(8-15)14-10(16)5-4-6-13/h9H,4-8H2,1-3H3,(H,14,16). The molecule has 0 aromatic carbocycles. The van der Waals surface area contributed by atoms with Crippen LogP contribution in [0, 0.1) is 0 Å². The van der Waals surface area contributed by atoms with Crippen molar-refractivity contribution in [3.63, 3.8) is 0 Å². The highest BCUT2D eigenvalue weighted by Gasteiger charge is 2.34. The Morgan fingerprint density at radius 1 is 1.39 bits per heavy atom. The molecule has 0 spiro atoms. The van der Waals surface area contributed by atoms with Crippen molar-refractivity contribution in [2.24, 2.45) is 0 Å². The van der Waals surface area contributed by atoms with Gasteiger partial charge in [0.15, 0.2) is 0 Å². The predicted octanol–water partition coefficient (Wildman–Crippen LogP) is 1.74. The van der Waals surface area contributed by atoms with Crippen LogP contribution in [0.5, 0.6) is 0 Å². The molecule has 1 saturated heterocycles. The second kappa shape index (κ2) is 6.27. The van der Waals surface area contributed by atoms with Gasteiger partial charge >= 0.3 is 6.09 Å². The number of rotatable bonds is 4. The molecule has 18 heavy (non-hydrogen) atoms. The zero-order valence-corrected chi connectivity index (χ0v) is 11.9. The molecule has 0 aromatic heterocycles. The molecule has 0 atom stereocenters. The summed E-state index contributed by atoms with van der Waals surface area (Å²) in [6.07, 6.45) is 0.788. The molecule has 0 radical (unpaired) electrons. The summed E-state index contributed by atoms with van der Waals surface area (Å²) in [5.74, 6) is 0.478. The third-order valence-corrected chi connectivity index (χ3v) is 2.70. The number of alkyl halides is 1. The van der Waals surface area contributed by atoms with Gasteiger partial charge in [0.25, 0.3) is 0 Å². The molecule has 0 unspecified atom stereocenters. The van der Waals surface area contributed by atoms with E-state index in [-0.39, 0.29) is 18.0 Å². The summed E-state index contributed by atoms with van der Waals surface area (Å²) in [5, 5.41) is 2.85. The molecular weight excluding hydrogens is 256 g/mol. The quantitative estimate of drug-likeness (QED) is 0.796. The van der Waals surface area contributed by atoms with Gasteiger partial charge in [0.1, 0.15) is 5.60 Å². The molecule has 1 heterocycles. The number of hydrogen-bond acceptors (Lipinski definition) is 3. The van der Waals surface area contributed by atoms with Crippen molar-refractivity contribution in [2.75, 3.05) is 19.0 Å². The molecule has 5 nitrogen and oxygen atoms in total. The van der Waals surface area contributed by atoms with E-state index < -0.39 is 5.60 Å². The van der Waals surface area contributed by atoms with Crippen molar-refractivity contribution in [2.45, 2.75) is 45.3 Å². The van der Waals surface area contributed by atoms with Crippen molar-refractivity contribution in [1.29, 1.82) is 0 Å². The number of carbonyl (C=O) groups excluding carboxylic acids is 2. The predicted molar refractivity (Wildman–Crippen MR) is 69.7 cm³/mol. The molecular formula is C12H21ClN2O3. The van der Waals surface area contributed by atoms with Gasteiger partial charge in [-0.15, -0.1) is 11.6 Å². The Morgan fingerprint density at radius 2 is 2.00 bits per heavy atom. The Kier molecular flexibility index (Phi) is 5.26. The largest absolute Gasteiger partial charge is 0.444 e. The van der Waals surface area contributed by atoms with E-state index in [4.69, 9.17) is 16.3 Å². The fourth-order valence-electron chi connectivity index (χ4n) is 1.57. The first-order chi connectivity index (χ1) is 8.31. The Labute approximate surface area is 113 Å². The van der Waals surface area contributed by atoms with Crippen LogP contribution >= 0.6 is 11.6 Å². The van der Waals surface area contributed by atoms with Crippen molar-refractivity contribution >= 4 is 23.6 Å². The van der Waals surface area contributed by atoms with Crippen LogP contribution < -0.4 is 5.32 Å². The fourth-order valence-corrected chi connectivity index (χ4v) is 1.71. The van der Waals surface area contributed by atoms with Gasteiger partial charge in [-0.3, -0.25) is 4.79 Å². The van der Waals surface area contributed by atoms with E-state index in [1.807, 2.05) is 20.8 Å². The number of amides is 2. The monoisotopic (exact) mass is 276 g/mol. The molecule has 1 aliphatic rings. The number of ether oxygens (including phenoxy) is 1. The number of carbonyl (C=O) groups is 2. The minimum absolute atomic E-state index is 0.00973. The summed E-state index contributed by atoms with van der Waals surface area (Å²) in [6, 6.07) is 0.0420. The first kappa shape index (κ1) is 15.1. The van der Waals surface area contributed by atoms with Gasteiger partial charge in [-0.05, 0) is 27.2 Å². The maximum Gasteiger partial charge on any atom is 0.410 e. The summed E-state index contributed by atoms with van der Waals surface area (Å²) in [7, 11) is 0. The fraction of sp³-hybridized carbons (Fsp3) is 0.833. The third kappa shape index (κ3) is 5.12. The van der Waals surface area contributed by atoms with E-state index in [1.165, 1.54) is 0 Å². The lowest BCUT2D eigenvalue weighted by atomic mass is 10.1. The van der Waals surface area contributed by atoms with E-state index in [1.54, 1.807) is 4.90 Å². The summed E-state index contributed by atoms with van der Waals surface area (Å²) < 4.78 is 5.22. The molecule has 0 saturated carbocycles. The van der Waals surface area contributed by atoms with Crippen LogP contribution in [0.3, 0.4) is 0 Å². The molecule has 2 amide bonds. The first-order valence-electron chi connectivity index (χ1n) is 6.15. The number of hydrogen-bond donors (Lipinski definition) is 1. The van der Waals surface area contributed by atoms with Crippen LogP contribution in [0.15, 0.2) is 0 Å². The molecule has 0 aliphatic carbocycles. The lowest BCUT2D eigenvalue weighted by Crippen LogP contribution is -2.61. The molecule has 6 heteroatoms. The molecule has 1 fully saturated rings. The van der Waals surface area contributed by atoms with Gasteiger partial charge in [0.05, 0.1) is 6.04 Å². The highest BCUT2D eigenvalue weighted by atomic mass is 35.5. The molecule has 104 valence electrons. The van der Waals surface area contributed by atoms with Gasteiger partial charge in [0.2, 0.25) is 5.91 Å². The van der Waals surface area contributed by atoms with E-state index >= 15 is 0 Å². The second-order valence-corrected chi connectivity index (χ2v) is 5.82. The molecule has 1 N–H and O–H groups in total. The molecule has 0 bridgehead atoms. The zero-order valence-electron chi connectivity index (χ0n) is 11.2. The molecule has 1 aliphatic heterocycles. The van der Waals surface area contributed by atoms with Gasteiger partial charge in [-0.25, -0.2) is 4.79 Å². The smallest absolute Gasteiger partial charge is 0.410 e. The summed E-state index contributed by atoms with van der Waals surface area (Å²) >= 11 is 5.51. The minimum atomic E-state index is -0.480. The Hall–Kier alpha value is -0.970. The zero-order chi connectivity index (χ0) is 13.8. The van der Waals surface area contributed by atoms with Crippen LogP contribution in [-0.2, 0) is 9.53 Å². The van der Waals surface area contributed by atoms with Crippen molar-refractivity contribution in [3.05, 3.63) is 0 Å². The van der Waals surface area contributed by atoms with Crippen LogP contribution in [0.1, 0.15) is 33.6 Å². The van der Waals surface area contributed by atoms with E-state index in [2.05, 4.69) is 5.32 Å². The average Bonchev–Trinajstić information content (AvgIpc) is 2.16. The van der Waals surface area contributed by atoms with Crippen LogP contribution in [-0.4, -0.2) is 47.5 Å². The number of likely N-dealkylation sites (tertiary alicyclic amines) is 1. The average molecular weight is 277 g/mol. The summed E-state index contributed by atoms with van der Waals surface area (Å²) in [4.78, 5) is 24.6. The van der Waals surface area contributed by atoms with Crippen molar-refractivity contribution in [1.82, 2.24) is 10.2 Å². The maximum atomic E-state index is 11.6. The lowest BCUT2D eigenvalue weighted by molar-refractivity contribution is -0.123. The second-order valence-electron chi connectivity index (χ2n) is 5.44. The van der Waals surface area contributed by atoms with Gasteiger partial charge in [0, 0.05) is 25.4 Å². The van der Waals surface area contributed by atoms with E-state index in [9.17, 15) is 9.59 Å². The van der Waals surface area contributed by atoms with Gasteiger partial charge < -0.3 is 15.0 Å². The number of nitrogens with one attached hydrogen (secondary N) is 1. The van der Waals surface area contributed by atoms with Gasteiger partial charge in [-0.1, -0.05) is 0 Å². The third-order valence-electron chi connectivity index (χ3n) is 2.44. The van der Waals surface area contributed by atoms with Crippen LogP contribution in [0.2, 0.25) is 0 Å². The van der Waals surface area contributed by atoms with Gasteiger partial charge in [-0.2, -0.15) is 0 Å². The SMILES string of the molecule is CC(C)(C)OC(=O)N1CC(NC(=O)CCCCl)C1. The normalized spacial score (nSPS) is 16.1. The van der Waals surface area contributed by atoms with Crippen LogP contribution in [0.25, 0.3) is 0 Å². The number of halogens is 1. The molecule has 1 rings (SSSR count). The van der Waals surface area contributed by atoms with Crippen molar-refractivity contribution < 1.29 is 14.3 Å².